The average molecular weight is 483 g/mol. The van der Waals surface area contributed by atoms with Gasteiger partial charge in [-0.05, 0) is 62.7 Å². The van der Waals surface area contributed by atoms with Crippen LogP contribution in [0.5, 0.6) is 0 Å². The van der Waals surface area contributed by atoms with Crippen molar-refractivity contribution in [3.8, 4) is 0 Å². The summed E-state index contributed by atoms with van der Waals surface area (Å²) in [6, 6.07) is 8.96. The summed E-state index contributed by atoms with van der Waals surface area (Å²) in [6.07, 6.45) is 3.00. The minimum atomic E-state index is -0.774. The molecule has 176 valence electrons. The number of aromatic nitrogens is 1. The Balaban J connectivity index is 1.65. The fourth-order valence-corrected chi connectivity index (χ4v) is 4.23. The molecule has 2 heterocycles. The van der Waals surface area contributed by atoms with Crippen molar-refractivity contribution in [2.24, 2.45) is 0 Å². The fourth-order valence-electron chi connectivity index (χ4n) is 4.05. The van der Waals surface area contributed by atoms with Crippen LogP contribution in [0.25, 0.3) is 10.8 Å². The second-order valence-electron chi connectivity index (χ2n) is 9.31. The topological polar surface area (TPSA) is 91.4 Å². The summed E-state index contributed by atoms with van der Waals surface area (Å²) in [5, 5.41) is 7.26. The summed E-state index contributed by atoms with van der Waals surface area (Å²) in [5.41, 5.74) is 0.762. The molecule has 2 N–H and O–H groups in total. The molecule has 0 bridgehead atoms. The third-order valence-corrected chi connectivity index (χ3v) is 5.69. The number of hydrogen-bond acceptors (Lipinski definition) is 4. The summed E-state index contributed by atoms with van der Waals surface area (Å²) in [4.78, 5) is 44.5. The Bertz CT molecular complexity index is 1310. The van der Waals surface area contributed by atoms with Crippen LogP contribution < -0.4 is 10.6 Å². The largest absolute Gasteiger partial charge is 0.350 e. The molecule has 1 aliphatic heterocycles. The van der Waals surface area contributed by atoms with Gasteiger partial charge in [-0.15, -0.1) is 0 Å². The zero-order valence-corrected chi connectivity index (χ0v) is 19.7. The van der Waals surface area contributed by atoms with Gasteiger partial charge in [-0.2, -0.15) is 0 Å². The molecular formula is C25H24ClFN4O3. The van der Waals surface area contributed by atoms with Crippen molar-refractivity contribution < 1.29 is 18.8 Å². The van der Waals surface area contributed by atoms with Crippen molar-refractivity contribution in [3.63, 3.8) is 0 Å². The van der Waals surface area contributed by atoms with Gasteiger partial charge in [0, 0.05) is 39.6 Å². The van der Waals surface area contributed by atoms with Crippen LogP contribution in [-0.2, 0) is 9.59 Å². The Kier molecular flexibility index (Phi) is 6.27. The van der Waals surface area contributed by atoms with Crippen molar-refractivity contribution in [1.29, 1.82) is 0 Å². The van der Waals surface area contributed by atoms with Gasteiger partial charge in [0.2, 0.25) is 11.8 Å². The van der Waals surface area contributed by atoms with E-state index in [2.05, 4.69) is 15.6 Å². The van der Waals surface area contributed by atoms with E-state index in [9.17, 15) is 18.8 Å². The van der Waals surface area contributed by atoms with Crippen molar-refractivity contribution in [3.05, 3.63) is 70.8 Å². The molecule has 3 aromatic rings. The van der Waals surface area contributed by atoms with Crippen LogP contribution in [0.3, 0.4) is 0 Å². The first-order valence-corrected chi connectivity index (χ1v) is 11.1. The van der Waals surface area contributed by atoms with Crippen LogP contribution in [-0.4, -0.2) is 46.2 Å². The SMILES string of the molecule is CC(C)(C)NC(=O)CN1CC(C(=O)Nc2cncc3cc(F)ccc23)c2cc(Cl)ccc2C1=O. The number of halogens is 2. The lowest BCUT2D eigenvalue weighted by molar-refractivity contribution is -0.124. The summed E-state index contributed by atoms with van der Waals surface area (Å²) >= 11 is 6.17. The molecule has 0 fully saturated rings. The number of hydrogen-bond donors (Lipinski definition) is 2. The molecule has 34 heavy (non-hydrogen) atoms. The van der Waals surface area contributed by atoms with Gasteiger partial charge in [0.25, 0.3) is 5.91 Å². The second kappa shape index (κ2) is 9.02. The van der Waals surface area contributed by atoms with E-state index in [1.165, 1.54) is 29.4 Å². The Morgan fingerprint density at radius 3 is 2.68 bits per heavy atom. The zero-order valence-electron chi connectivity index (χ0n) is 19.0. The normalized spacial score (nSPS) is 15.7. The highest BCUT2D eigenvalue weighted by Crippen LogP contribution is 2.32. The van der Waals surface area contributed by atoms with Gasteiger partial charge < -0.3 is 15.5 Å². The number of benzene rings is 2. The first kappa shape index (κ1) is 23.6. The lowest BCUT2D eigenvalue weighted by Gasteiger charge is -2.34. The van der Waals surface area contributed by atoms with Gasteiger partial charge in [-0.3, -0.25) is 19.4 Å². The van der Waals surface area contributed by atoms with E-state index in [0.29, 0.717) is 32.6 Å². The van der Waals surface area contributed by atoms with Crippen LogP contribution in [0.2, 0.25) is 5.02 Å². The van der Waals surface area contributed by atoms with Gasteiger partial charge in [-0.25, -0.2) is 4.39 Å². The molecule has 0 aliphatic carbocycles. The predicted molar refractivity (Wildman–Crippen MR) is 128 cm³/mol. The van der Waals surface area contributed by atoms with Crippen molar-refractivity contribution in [2.75, 3.05) is 18.4 Å². The predicted octanol–water partition coefficient (Wildman–Crippen LogP) is 4.12. The molecule has 2 aromatic carbocycles. The van der Waals surface area contributed by atoms with E-state index in [1.54, 1.807) is 24.3 Å². The van der Waals surface area contributed by atoms with E-state index in [0.717, 1.165) is 0 Å². The van der Waals surface area contributed by atoms with E-state index < -0.39 is 23.2 Å². The van der Waals surface area contributed by atoms with E-state index in [-0.39, 0.29) is 24.9 Å². The Morgan fingerprint density at radius 1 is 1.18 bits per heavy atom. The minimum Gasteiger partial charge on any atom is -0.350 e. The second-order valence-corrected chi connectivity index (χ2v) is 9.75. The molecule has 1 aromatic heterocycles. The lowest BCUT2D eigenvalue weighted by atomic mass is 9.88. The summed E-state index contributed by atoms with van der Waals surface area (Å²) < 4.78 is 13.6. The van der Waals surface area contributed by atoms with Crippen molar-refractivity contribution in [2.45, 2.75) is 32.2 Å². The fraction of sp³-hybridized carbons (Fsp3) is 0.280. The highest BCUT2D eigenvalue weighted by atomic mass is 35.5. The van der Waals surface area contributed by atoms with Crippen LogP contribution in [0.4, 0.5) is 10.1 Å². The number of nitrogens with zero attached hydrogens (tertiary/aromatic N) is 2. The molecule has 0 radical (unpaired) electrons. The molecule has 0 saturated heterocycles. The third-order valence-electron chi connectivity index (χ3n) is 5.45. The van der Waals surface area contributed by atoms with E-state index in [1.807, 2.05) is 20.8 Å². The molecule has 1 aliphatic rings. The number of pyridine rings is 1. The monoisotopic (exact) mass is 482 g/mol. The average Bonchev–Trinajstić information content (AvgIpc) is 2.74. The Labute approximate surface area is 201 Å². The quantitative estimate of drug-likeness (QED) is 0.585. The Hall–Kier alpha value is -3.52. The van der Waals surface area contributed by atoms with Crippen LogP contribution in [0.15, 0.2) is 48.8 Å². The van der Waals surface area contributed by atoms with Crippen LogP contribution in [0, 0.1) is 5.82 Å². The number of fused-ring (bicyclic) bond motifs is 2. The standard InChI is InChI=1S/C25H24ClFN4O3/c1-25(2,3)30-22(32)13-31-12-20(19-9-15(26)4-6-18(19)24(31)34)23(33)29-21-11-28-10-14-8-16(27)5-7-17(14)21/h4-11,20H,12-13H2,1-3H3,(H,29,33)(H,30,32). The third kappa shape index (κ3) is 5.02. The molecular weight excluding hydrogens is 459 g/mol. The van der Waals surface area contributed by atoms with Gasteiger partial charge in [0.15, 0.2) is 0 Å². The number of carbonyl (C=O) groups excluding carboxylic acids is 3. The first-order valence-electron chi connectivity index (χ1n) is 10.8. The van der Waals surface area contributed by atoms with Gasteiger partial charge in [0.05, 0.1) is 24.3 Å². The number of carbonyl (C=O) groups is 3. The minimum absolute atomic E-state index is 0.00238. The maximum Gasteiger partial charge on any atom is 0.254 e. The van der Waals surface area contributed by atoms with Crippen LogP contribution >= 0.6 is 11.6 Å². The van der Waals surface area contributed by atoms with E-state index >= 15 is 0 Å². The lowest BCUT2D eigenvalue weighted by Crippen LogP contribution is -2.50. The maximum absolute atomic E-state index is 13.6. The maximum atomic E-state index is 13.6. The smallest absolute Gasteiger partial charge is 0.254 e. The molecule has 4 rings (SSSR count). The number of amides is 3. The van der Waals surface area contributed by atoms with E-state index in [4.69, 9.17) is 11.6 Å². The number of rotatable bonds is 4. The molecule has 0 saturated carbocycles. The summed E-state index contributed by atoms with van der Waals surface area (Å²) in [5.74, 6) is -2.24. The van der Waals surface area contributed by atoms with Gasteiger partial charge in [0.1, 0.15) is 5.82 Å². The molecule has 1 atom stereocenters. The first-order chi connectivity index (χ1) is 16.0. The molecule has 7 nitrogen and oxygen atoms in total. The number of anilines is 1. The highest BCUT2D eigenvalue weighted by Gasteiger charge is 2.36. The summed E-state index contributed by atoms with van der Waals surface area (Å²) in [6.45, 7) is 5.36. The van der Waals surface area contributed by atoms with Gasteiger partial charge in [-0.1, -0.05) is 11.6 Å². The summed E-state index contributed by atoms with van der Waals surface area (Å²) in [7, 11) is 0. The molecule has 1 unspecified atom stereocenters. The zero-order chi connectivity index (χ0) is 24.6. The van der Waals surface area contributed by atoms with Crippen LogP contribution in [0.1, 0.15) is 42.6 Å². The molecule has 3 amide bonds. The van der Waals surface area contributed by atoms with Crippen molar-refractivity contribution in [1.82, 2.24) is 15.2 Å². The molecule has 0 spiro atoms. The van der Waals surface area contributed by atoms with Crippen molar-refractivity contribution >= 4 is 45.8 Å². The molecule has 9 heteroatoms. The Morgan fingerprint density at radius 2 is 1.94 bits per heavy atom. The number of nitrogens with one attached hydrogen (secondary N) is 2. The highest BCUT2D eigenvalue weighted by molar-refractivity contribution is 6.30. The van der Waals surface area contributed by atoms with Gasteiger partial charge >= 0.3 is 0 Å².